The quantitative estimate of drug-likeness (QED) is 0.800. The van der Waals surface area contributed by atoms with E-state index in [9.17, 15) is 4.79 Å². The van der Waals surface area contributed by atoms with Crippen molar-refractivity contribution in [2.75, 3.05) is 5.32 Å². The van der Waals surface area contributed by atoms with Crippen molar-refractivity contribution in [3.05, 3.63) is 47.5 Å². The van der Waals surface area contributed by atoms with Gasteiger partial charge < -0.3 is 5.32 Å². The molecule has 1 aromatic heterocycles. The first-order valence-electron chi connectivity index (χ1n) is 7.69. The number of nitrogens with zero attached hydrogens (tertiary/aromatic N) is 3. The van der Waals surface area contributed by atoms with Crippen molar-refractivity contribution in [1.29, 1.82) is 0 Å². The molecule has 0 saturated carbocycles. The molecular formula is C18H20N4O. The number of anilines is 1. The van der Waals surface area contributed by atoms with Gasteiger partial charge in [0.25, 0.3) is 0 Å². The summed E-state index contributed by atoms with van der Waals surface area (Å²) in [5.74, 6) is 0.403. The Morgan fingerprint density at radius 2 is 1.70 bits per heavy atom. The SMILES string of the molecule is CC(=O)Nc1cc2nn(-c3ccc(C(C)C)cc3)nc2cc1C. The van der Waals surface area contributed by atoms with Gasteiger partial charge in [-0.3, -0.25) is 4.79 Å². The maximum absolute atomic E-state index is 11.3. The van der Waals surface area contributed by atoms with E-state index in [0.717, 1.165) is 28.0 Å². The molecule has 0 spiro atoms. The summed E-state index contributed by atoms with van der Waals surface area (Å²) in [5, 5.41) is 11.9. The van der Waals surface area contributed by atoms with E-state index in [1.807, 2.05) is 31.2 Å². The molecule has 3 rings (SSSR count). The van der Waals surface area contributed by atoms with Crippen LogP contribution in [0.5, 0.6) is 0 Å². The molecule has 23 heavy (non-hydrogen) atoms. The molecule has 1 amide bonds. The van der Waals surface area contributed by atoms with Gasteiger partial charge in [0.1, 0.15) is 11.0 Å². The zero-order valence-electron chi connectivity index (χ0n) is 13.8. The van der Waals surface area contributed by atoms with Crippen molar-refractivity contribution in [1.82, 2.24) is 15.0 Å². The summed E-state index contributed by atoms with van der Waals surface area (Å²) < 4.78 is 0. The van der Waals surface area contributed by atoms with E-state index in [1.54, 1.807) is 4.80 Å². The second-order valence-electron chi connectivity index (χ2n) is 6.07. The largest absolute Gasteiger partial charge is 0.326 e. The standard InChI is InChI=1S/C18H20N4O/c1-11(2)14-5-7-15(8-6-14)22-20-17-9-12(3)16(19-13(4)23)10-18(17)21-22/h5-11H,1-4H3,(H,19,23). The molecule has 5 nitrogen and oxygen atoms in total. The van der Waals surface area contributed by atoms with Gasteiger partial charge in [-0.15, -0.1) is 10.2 Å². The summed E-state index contributed by atoms with van der Waals surface area (Å²) in [5.41, 5.74) is 5.51. The topological polar surface area (TPSA) is 59.8 Å². The first-order chi connectivity index (χ1) is 10.9. The van der Waals surface area contributed by atoms with Crippen LogP contribution in [0.2, 0.25) is 0 Å². The number of carbonyl (C=O) groups is 1. The zero-order valence-corrected chi connectivity index (χ0v) is 13.8. The fourth-order valence-corrected chi connectivity index (χ4v) is 2.50. The lowest BCUT2D eigenvalue weighted by molar-refractivity contribution is -0.114. The Morgan fingerprint density at radius 3 is 2.26 bits per heavy atom. The Labute approximate surface area is 135 Å². The highest BCUT2D eigenvalue weighted by atomic mass is 16.1. The number of amides is 1. The first-order valence-corrected chi connectivity index (χ1v) is 7.69. The second-order valence-corrected chi connectivity index (χ2v) is 6.07. The molecule has 0 fully saturated rings. The number of hydrogen-bond acceptors (Lipinski definition) is 3. The van der Waals surface area contributed by atoms with Crippen LogP contribution in [-0.4, -0.2) is 20.9 Å². The van der Waals surface area contributed by atoms with Crippen LogP contribution < -0.4 is 5.32 Å². The lowest BCUT2D eigenvalue weighted by atomic mass is 10.0. The number of hydrogen-bond donors (Lipinski definition) is 1. The molecule has 0 aliphatic rings. The fourth-order valence-electron chi connectivity index (χ4n) is 2.50. The van der Waals surface area contributed by atoms with Gasteiger partial charge in [-0.2, -0.15) is 4.80 Å². The van der Waals surface area contributed by atoms with Crippen LogP contribution >= 0.6 is 0 Å². The monoisotopic (exact) mass is 308 g/mol. The molecule has 1 heterocycles. The van der Waals surface area contributed by atoms with Crippen LogP contribution in [0.3, 0.4) is 0 Å². The van der Waals surface area contributed by atoms with Crippen molar-refractivity contribution in [2.24, 2.45) is 0 Å². The third-order valence-electron chi connectivity index (χ3n) is 3.83. The number of aryl methyl sites for hydroxylation is 1. The molecule has 0 unspecified atom stereocenters. The number of nitrogens with one attached hydrogen (secondary N) is 1. The summed E-state index contributed by atoms with van der Waals surface area (Å²) >= 11 is 0. The molecule has 0 bridgehead atoms. The molecule has 3 aromatic rings. The second kappa shape index (κ2) is 5.83. The Kier molecular flexibility index (Phi) is 3.86. The Bertz CT molecular complexity index is 863. The van der Waals surface area contributed by atoms with Crippen molar-refractivity contribution >= 4 is 22.6 Å². The number of benzene rings is 2. The highest BCUT2D eigenvalue weighted by Gasteiger charge is 2.09. The number of carbonyl (C=O) groups excluding carboxylic acids is 1. The van der Waals surface area contributed by atoms with E-state index < -0.39 is 0 Å². The Balaban J connectivity index is 2.00. The summed E-state index contributed by atoms with van der Waals surface area (Å²) in [7, 11) is 0. The fraction of sp³-hybridized carbons (Fsp3) is 0.278. The molecule has 118 valence electrons. The number of rotatable bonds is 3. The molecule has 0 saturated heterocycles. The molecule has 0 radical (unpaired) electrons. The molecular weight excluding hydrogens is 288 g/mol. The van der Waals surface area contributed by atoms with Gasteiger partial charge in [0, 0.05) is 12.6 Å². The summed E-state index contributed by atoms with van der Waals surface area (Å²) in [6.07, 6.45) is 0. The van der Waals surface area contributed by atoms with E-state index in [0.29, 0.717) is 5.92 Å². The van der Waals surface area contributed by atoms with Crippen LogP contribution in [0.4, 0.5) is 5.69 Å². The van der Waals surface area contributed by atoms with Crippen molar-refractivity contribution in [3.8, 4) is 5.69 Å². The molecule has 0 aliphatic heterocycles. The van der Waals surface area contributed by atoms with E-state index in [1.165, 1.54) is 12.5 Å². The van der Waals surface area contributed by atoms with Crippen LogP contribution in [0.15, 0.2) is 36.4 Å². The van der Waals surface area contributed by atoms with E-state index in [2.05, 4.69) is 41.5 Å². The average molecular weight is 308 g/mol. The molecule has 5 heteroatoms. The number of aromatic nitrogens is 3. The van der Waals surface area contributed by atoms with E-state index in [-0.39, 0.29) is 5.91 Å². The van der Waals surface area contributed by atoms with Crippen molar-refractivity contribution in [3.63, 3.8) is 0 Å². The lowest BCUT2D eigenvalue weighted by Crippen LogP contribution is -2.06. The minimum Gasteiger partial charge on any atom is -0.326 e. The Hall–Kier alpha value is -2.69. The number of fused-ring (bicyclic) bond motifs is 1. The first kappa shape index (κ1) is 15.2. The van der Waals surface area contributed by atoms with Gasteiger partial charge in [-0.1, -0.05) is 26.0 Å². The normalized spacial score (nSPS) is 11.2. The summed E-state index contributed by atoms with van der Waals surface area (Å²) in [6, 6.07) is 12.0. The van der Waals surface area contributed by atoms with Gasteiger partial charge in [0.2, 0.25) is 5.91 Å². The van der Waals surface area contributed by atoms with Gasteiger partial charge in [0.15, 0.2) is 0 Å². The third-order valence-corrected chi connectivity index (χ3v) is 3.83. The van der Waals surface area contributed by atoms with Crippen molar-refractivity contribution in [2.45, 2.75) is 33.6 Å². The molecule has 0 atom stereocenters. The average Bonchev–Trinajstić information content (AvgIpc) is 2.90. The maximum Gasteiger partial charge on any atom is 0.221 e. The van der Waals surface area contributed by atoms with Gasteiger partial charge in [-0.25, -0.2) is 0 Å². The van der Waals surface area contributed by atoms with Gasteiger partial charge in [-0.05, 0) is 48.2 Å². The lowest BCUT2D eigenvalue weighted by Gasteiger charge is -2.05. The van der Waals surface area contributed by atoms with Crippen LogP contribution in [0, 0.1) is 6.92 Å². The van der Waals surface area contributed by atoms with Crippen molar-refractivity contribution < 1.29 is 4.79 Å². The highest BCUT2D eigenvalue weighted by Crippen LogP contribution is 2.22. The maximum atomic E-state index is 11.3. The minimum atomic E-state index is -0.0934. The molecule has 1 N–H and O–H groups in total. The summed E-state index contributed by atoms with van der Waals surface area (Å²) in [6.45, 7) is 7.78. The molecule has 0 aliphatic carbocycles. The van der Waals surface area contributed by atoms with Crippen LogP contribution in [0.1, 0.15) is 37.8 Å². The smallest absolute Gasteiger partial charge is 0.221 e. The van der Waals surface area contributed by atoms with Crippen LogP contribution in [-0.2, 0) is 4.79 Å². The molecule has 2 aromatic carbocycles. The van der Waals surface area contributed by atoms with Crippen LogP contribution in [0.25, 0.3) is 16.7 Å². The highest BCUT2D eigenvalue weighted by molar-refractivity contribution is 5.92. The van der Waals surface area contributed by atoms with E-state index >= 15 is 0 Å². The van der Waals surface area contributed by atoms with Gasteiger partial charge in [0.05, 0.1) is 5.69 Å². The predicted octanol–water partition coefficient (Wildman–Crippen LogP) is 3.81. The minimum absolute atomic E-state index is 0.0934. The third kappa shape index (κ3) is 3.08. The summed E-state index contributed by atoms with van der Waals surface area (Å²) in [4.78, 5) is 12.9. The van der Waals surface area contributed by atoms with E-state index in [4.69, 9.17) is 0 Å². The predicted molar refractivity (Wildman–Crippen MR) is 92.0 cm³/mol. The zero-order chi connectivity index (χ0) is 16.6. The van der Waals surface area contributed by atoms with Gasteiger partial charge >= 0.3 is 0 Å². The Morgan fingerprint density at radius 1 is 1.09 bits per heavy atom.